The first kappa shape index (κ1) is 47.0. The minimum absolute atomic E-state index is 0.0121. The number of azo groups is 4. The second-order valence-corrected chi connectivity index (χ2v) is 18.6. The van der Waals surface area contributed by atoms with Crippen LogP contribution in [0.4, 0.5) is 45.5 Å². The van der Waals surface area contributed by atoms with E-state index in [4.69, 9.17) is 9.11 Å². The third-order valence-electron chi connectivity index (χ3n) is 8.52. The largest absolute Gasteiger partial charge is 0.594 e. The summed E-state index contributed by atoms with van der Waals surface area (Å²) in [4.78, 5) is -2.05. The maximum absolute atomic E-state index is 13.0. The Labute approximate surface area is 368 Å². The molecule has 65 heavy (non-hydrogen) atoms. The summed E-state index contributed by atoms with van der Waals surface area (Å²) in [6.07, 6.45) is 2.11. The van der Waals surface area contributed by atoms with Crippen LogP contribution in [0.1, 0.15) is 11.1 Å². The van der Waals surface area contributed by atoms with Gasteiger partial charge in [0.1, 0.15) is 26.9 Å². The van der Waals surface area contributed by atoms with Crippen molar-refractivity contribution in [1.82, 2.24) is 0 Å². The molecule has 0 bridgehead atoms. The van der Waals surface area contributed by atoms with E-state index in [-0.39, 0.29) is 70.4 Å². The van der Waals surface area contributed by atoms with E-state index in [1.165, 1.54) is 72.8 Å². The van der Waals surface area contributed by atoms with Crippen LogP contribution in [0.3, 0.4) is 0 Å². The maximum atomic E-state index is 13.0. The van der Waals surface area contributed by atoms with E-state index in [9.17, 15) is 58.4 Å². The standard InChI is InChI=1S/C38H28N8O15S4/c47-44(41-31-13-21-36(22-14-31)63(53,54)55)32-17-9-30(10-18-32)43-46(49)34-16-4-26(38(24-34)65(59,60)61)2-1-25-3-15-33(23-37(25)64(56,57)58)45(48)42-29-7-5-27(6-8-29)39-40-28-11-19-35(20-12-28)62(50,51)52/h1-24H,(H,50,51,52)(H,53,54,55)(H,56,57,58)(H,59,60,61). The van der Waals surface area contributed by atoms with E-state index in [0.717, 1.165) is 72.8 Å². The first-order chi connectivity index (χ1) is 30.4. The lowest BCUT2D eigenvalue weighted by molar-refractivity contribution is -0.436. The Kier molecular flexibility index (Phi) is 13.5. The molecule has 334 valence electrons. The molecule has 6 aromatic rings. The Hall–Kier alpha value is -7.50. The van der Waals surface area contributed by atoms with Gasteiger partial charge in [0.25, 0.3) is 40.5 Å². The van der Waals surface area contributed by atoms with Gasteiger partial charge in [-0.05, 0) is 108 Å². The van der Waals surface area contributed by atoms with E-state index < -0.39 is 55.2 Å². The molecular weight excluding hydrogens is 937 g/mol. The minimum Gasteiger partial charge on any atom is -0.594 e. The van der Waals surface area contributed by atoms with Gasteiger partial charge in [-0.15, -0.1) is 0 Å². The van der Waals surface area contributed by atoms with Gasteiger partial charge in [-0.1, -0.05) is 26.7 Å². The Balaban J connectivity index is 1.18. The summed E-state index contributed by atoms with van der Waals surface area (Å²) < 4.78 is 133. The van der Waals surface area contributed by atoms with Gasteiger partial charge in [0.2, 0.25) is 17.1 Å². The van der Waals surface area contributed by atoms with Gasteiger partial charge in [-0.25, -0.2) is 0 Å². The molecule has 4 N–H and O–H groups in total. The first-order valence-corrected chi connectivity index (χ1v) is 23.4. The maximum Gasteiger partial charge on any atom is 0.295 e. The van der Waals surface area contributed by atoms with Crippen molar-refractivity contribution in [3.63, 3.8) is 0 Å². The molecule has 23 nitrogen and oxygen atoms in total. The summed E-state index contributed by atoms with van der Waals surface area (Å²) in [6.45, 7) is 0. The minimum atomic E-state index is -5.05. The molecule has 27 heteroatoms. The van der Waals surface area contributed by atoms with Gasteiger partial charge in [0, 0.05) is 51.7 Å². The third kappa shape index (κ3) is 12.4. The molecule has 0 spiro atoms. The number of hydrogen-bond acceptors (Lipinski definition) is 16. The average molecular weight is 965 g/mol. The highest BCUT2D eigenvalue weighted by atomic mass is 32.2. The van der Waals surface area contributed by atoms with Crippen LogP contribution >= 0.6 is 0 Å². The van der Waals surface area contributed by atoms with Crippen molar-refractivity contribution < 1.29 is 66.5 Å². The molecule has 0 amide bonds. The van der Waals surface area contributed by atoms with Crippen molar-refractivity contribution in [3.05, 3.63) is 160 Å². The highest BCUT2D eigenvalue weighted by molar-refractivity contribution is 7.86. The molecule has 0 atom stereocenters. The molecule has 6 rings (SSSR count). The molecule has 0 radical (unpaired) electrons. The fraction of sp³-hybridized carbons (Fsp3) is 0. The predicted octanol–water partition coefficient (Wildman–Crippen LogP) is 9.04. The molecule has 6 aromatic carbocycles. The number of nitrogens with zero attached hydrogens (tertiary/aromatic N) is 8. The molecule has 0 aliphatic heterocycles. The number of hydrogen-bond donors (Lipinski definition) is 4. The number of rotatable bonds is 14. The van der Waals surface area contributed by atoms with Crippen molar-refractivity contribution in [1.29, 1.82) is 0 Å². The number of benzene rings is 6. The molecule has 0 aliphatic carbocycles. The Bertz CT molecular complexity index is 3420. The van der Waals surface area contributed by atoms with Gasteiger partial charge in [-0.3, -0.25) is 18.2 Å². The lowest BCUT2D eigenvalue weighted by Crippen LogP contribution is -2.03. The second-order valence-electron chi connectivity index (χ2n) is 13.0. The van der Waals surface area contributed by atoms with Crippen molar-refractivity contribution in [3.8, 4) is 0 Å². The molecule has 0 unspecified atom stereocenters. The van der Waals surface area contributed by atoms with E-state index in [1.54, 1.807) is 0 Å². The highest BCUT2D eigenvalue weighted by Gasteiger charge is 2.21. The van der Waals surface area contributed by atoms with Gasteiger partial charge in [-0.2, -0.15) is 43.9 Å². The predicted molar refractivity (Wildman–Crippen MR) is 227 cm³/mol. The van der Waals surface area contributed by atoms with Crippen LogP contribution in [0.2, 0.25) is 0 Å². The summed E-state index contributed by atoms with van der Waals surface area (Å²) >= 11 is 0. The fourth-order valence-electron chi connectivity index (χ4n) is 5.39. The summed E-state index contributed by atoms with van der Waals surface area (Å²) in [6, 6.07) is 26.0. The first-order valence-electron chi connectivity index (χ1n) is 17.7. The molecule has 0 aromatic heterocycles. The normalized spacial score (nSPS) is 13.4. The van der Waals surface area contributed by atoms with E-state index >= 15 is 0 Å². The van der Waals surface area contributed by atoms with E-state index in [0.29, 0.717) is 5.69 Å². The van der Waals surface area contributed by atoms with Crippen LogP contribution in [-0.2, 0) is 40.5 Å². The summed E-state index contributed by atoms with van der Waals surface area (Å²) in [5.41, 5.74) is -0.559. The lowest BCUT2D eigenvalue weighted by Gasteiger charge is -2.07. The molecule has 0 saturated carbocycles. The van der Waals surface area contributed by atoms with E-state index in [2.05, 4.69) is 25.6 Å². The van der Waals surface area contributed by atoms with Gasteiger partial charge in [0.05, 0.1) is 21.2 Å². The van der Waals surface area contributed by atoms with Crippen LogP contribution in [0.25, 0.3) is 12.2 Å². The van der Waals surface area contributed by atoms with Crippen LogP contribution < -0.4 is 0 Å². The Morgan fingerprint density at radius 2 is 0.646 bits per heavy atom. The summed E-state index contributed by atoms with van der Waals surface area (Å²) in [5.74, 6) is 0. The lowest BCUT2D eigenvalue weighted by atomic mass is 10.1. The molecule has 0 saturated heterocycles. The quantitative estimate of drug-likeness (QED) is 0.0260. The Morgan fingerprint density at radius 3 is 0.985 bits per heavy atom. The second kappa shape index (κ2) is 18.7. The molecular formula is C38H28N8O15S4. The van der Waals surface area contributed by atoms with Crippen LogP contribution in [0.15, 0.2) is 179 Å². The highest BCUT2D eigenvalue weighted by Crippen LogP contribution is 2.30. The van der Waals surface area contributed by atoms with Gasteiger partial charge >= 0.3 is 0 Å². The topological polar surface area (TPSA) is 357 Å². The Morgan fingerprint density at radius 1 is 0.369 bits per heavy atom. The van der Waals surface area contributed by atoms with Crippen molar-refractivity contribution in [2.24, 2.45) is 25.6 Å². The van der Waals surface area contributed by atoms with Crippen LogP contribution in [-0.4, -0.2) is 66.5 Å². The fourth-order valence-corrected chi connectivity index (χ4v) is 7.76. The SMILES string of the molecule is O=S(=O)(O)c1ccc(N=Nc2ccc(N=[N+]([O-])c3ccc(C=Cc4ccc([N+]([O-])=Nc5ccc([N+]([O-])=Nc6ccc(S(=O)(=O)O)cc6)cc5)cc4S(=O)(=O)O)c(S(=O)(=O)O)c3)cc2)cc1. The summed E-state index contributed by atoms with van der Waals surface area (Å²) in [7, 11) is -18.9. The van der Waals surface area contributed by atoms with E-state index in [1.807, 2.05) is 0 Å². The van der Waals surface area contributed by atoms with Crippen molar-refractivity contribution in [2.45, 2.75) is 19.6 Å². The molecule has 0 heterocycles. The zero-order chi connectivity index (χ0) is 47.3. The van der Waals surface area contributed by atoms with Gasteiger partial charge < -0.3 is 15.6 Å². The average Bonchev–Trinajstić information content (AvgIpc) is 3.24. The van der Waals surface area contributed by atoms with Crippen LogP contribution in [0, 0.1) is 15.6 Å². The van der Waals surface area contributed by atoms with Gasteiger partial charge in [0.15, 0.2) is 0 Å². The monoisotopic (exact) mass is 964 g/mol. The molecule has 0 aliphatic rings. The zero-order valence-corrected chi connectivity index (χ0v) is 35.6. The van der Waals surface area contributed by atoms with Crippen molar-refractivity contribution >= 4 is 98.1 Å². The smallest absolute Gasteiger partial charge is 0.295 e. The summed E-state index contributed by atoms with van der Waals surface area (Å²) in [5, 5.41) is 57.8. The zero-order valence-electron chi connectivity index (χ0n) is 32.3. The molecule has 0 fully saturated rings. The van der Waals surface area contributed by atoms with Crippen molar-refractivity contribution in [2.75, 3.05) is 0 Å². The van der Waals surface area contributed by atoms with Crippen LogP contribution in [0.5, 0.6) is 0 Å². The third-order valence-corrected chi connectivity index (χ3v) is 12.1.